The molecule has 0 nitrogen and oxygen atoms in total. The van der Waals surface area contributed by atoms with Crippen molar-refractivity contribution in [2.45, 2.75) is 0 Å². The summed E-state index contributed by atoms with van der Waals surface area (Å²) in [6.45, 7) is 0. The number of hydrogen-bond acceptors (Lipinski definition) is 0. The van der Waals surface area contributed by atoms with Crippen LogP contribution in [0.5, 0.6) is 0 Å². The first kappa shape index (κ1) is 11.9. The molecule has 1 aromatic heterocycles. The quantitative estimate of drug-likeness (QED) is 0.358. The van der Waals surface area contributed by atoms with E-state index in [2.05, 4.69) is 41.1 Å². The number of halogens is 4. The van der Waals surface area contributed by atoms with Gasteiger partial charge in [0.1, 0.15) is 0 Å². The predicted octanol–water partition coefficient (Wildman–Crippen LogP) is 4.48. The van der Waals surface area contributed by atoms with E-state index in [4.69, 9.17) is 0 Å². The van der Waals surface area contributed by atoms with E-state index in [-0.39, 0.29) is 0 Å². The molecular weight excluding hydrogens is 227 g/mol. The summed E-state index contributed by atoms with van der Waals surface area (Å²) in [7, 11) is -6.00. The molecule has 80 valence electrons. The van der Waals surface area contributed by atoms with Crippen LogP contribution in [0.4, 0.5) is 17.3 Å². The van der Waals surface area contributed by atoms with Gasteiger partial charge in [-0.3, -0.25) is 0 Å². The Balaban J connectivity index is 0.000000195. The monoisotopic (exact) mass is 234 g/mol. The van der Waals surface area contributed by atoms with Gasteiger partial charge < -0.3 is 17.3 Å². The van der Waals surface area contributed by atoms with Crippen LogP contribution in [0.15, 0.2) is 41.1 Å². The lowest BCUT2D eigenvalue weighted by molar-refractivity contribution is 0.368. The zero-order chi connectivity index (χ0) is 11.3. The summed E-state index contributed by atoms with van der Waals surface area (Å²) in [4.78, 5) is 0. The Hall–Kier alpha value is -1.17. The number of fused-ring (bicyclic) bond motifs is 1. The maximum atomic E-state index is 9.75. The van der Waals surface area contributed by atoms with Crippen LogP contribution < -0.4 is 0 Å². The molecule has 1 aromatic carbocycles. The third kappa shape index (κ3) is 5.32. The Labute approximate surface area is 88.3 Å². The van der Waals surface area contributed by atoms with E-state index >= 15 is 0 Å². The van der Waals surface area contributed by atoms with E-state index in [0.717, 1.165) is 0 Å². The van der Waals surface area contributed by atoms with E-state index < -0.39 is 7.25 Å². The fourth-order valence-corrected chi connectivity index (χ4v) is 1.66. The molecule has 0 radical (unpaired) electrons. The minimum atomic E-state index is -6.00. The molecule has 15 heavy (non-hydrogen) atoms. The van der Waals surface area contributed by atoms with Crippen molar-refractivity contribution in [3.05, 3.63) is 41.1 Å². The number of hydrogen-bond donors (Lipinski definition) is 0. The Morgan fingerprint density at radius 1 is 0.867 bits per heavy atom. The first-order valence-electron chi connectivity index (χ1n) is 4.08. The molecule has 0 spiro atoms. The second-order valence-electron chi connectivity index (χ2n) is 2.68. The molecule has 0 saturated carbocycles. The fraction of sp³-hybridized carbons (Fsp3) is 0. The van der Waals surface area contributed by atoms with Gasteiger partial charge in [0, 0.05) is 11.5 Å². The van der Waals surface area contributed by atoms with Crippen molar-refractivity contribution in [2.24, 2.45) is 0 Å². The van der Waals surface area contributed by atoms with Crippen LogP contribution in [-0.4, -0.2) is 7.25 Å². The second kappa shape index (κ2) is 5.07. The lowest BCUT2D eigenvalue weighted by Gasteiger charge is -1.94. The molecule has 1 heterocycles. The number of rotatable bonds is 0. The summed E-state index contributed by atoms with van der Waals surface area (Å²) in [5.41, 5.74) is 0. The van der Waals surface area contributed by atoms with Crippen molar-refractivity contribution >= 4 is 29.4 Å². The first-order chi connectivity index (χ1) is 6.97. The molecule has 6 heteroatoms. The molecule has 0 aliphatic rings. The normalized spacial score (nSPS) is 10.7. The number of benzene rings is 1. The Bertz CT molecular complexity index is 358. The van der Waals surface area contributed by atoms with Crippen molar-refractivity contribution in [1.82, 2.24) is 0 Å². The van der Waals surface area contributed by atoms with Crippen molar-refractivity contribution < 1.29 is 17.3 Å². The average molecular weight is 234 g/mol. The van der Waals surface area contributed by atoms with E-state index in [0.29, 0.717) is 0 Å². The van der Waals surface area contributed by atoms with Crippen LogP contribution in [0.1, 0.15) is 0 Å². The maximum absolute atomic E-state index is 9.75. The van der Waals surface area contributed by atoms with Crippen molar-refractivity contribution in [3.8, 4) is 0 Å². The highest BCUT2D eigenvalue weighted by atomic mass is 32.1. The third-order valence-electron chi connectivity index (χ3n) is 1.52. The Kier molecular flexibility index (Phi) is 4.02. The lowest BCUT2D eigenvalue weighted by atomic mass is 10.2. The summed E-state index contributed by atoms with van der Waals surface area (Å²) >= 11 is 1.73. The average Bonchev–Trinajstić information content (AvgIpc) is 2.16. The summed E-state index contributed by atoms with van der Waals surface area (Å²) < 4.78 is 39.0. The Morgan fingerprint density at radius 3 is 1.93 bits per heavy atom. The van der Waals surface area contributed by atoms with Crippen molar-refractivity contribution in [3.63, 3.8) is 0 Å². The Morgan fingerprint density at radius 2 is 1.40 bits per heavy atom. The molecule has 2 rings (SSSR count). The van der Waals surface area contributed by atoms with E-state index in [1.54, 1.807) is 11.3 Å². The first-order valence-corrected chi connectivity index (χ1v) is 5.03. The zero-order valence-corrected chi connectivity index (χ0v) is 8.36. The molecule has 0 aliphatic heterocycles. The van der Waals surface area contributed by atoms with Crippen LogP contribution in [0, 0.1) is 0 Å². The molecule has 0 fully saturated rings. The smallest absolute Gasteiger partial charge is 0.418 e. The van der Waals surface area contributed by atoms with Gasteiger partial charge in [-0.15, -0.1) is 0 Å². The van der Waals surface area contributed by atoms with E-state index in [1.807, 2.05) is 0 Å². The van der Waals surface area contributed by atoms with Gasteiger partial charge in [0.05, 0.1) is 0 Å². The van der Waals surface area contributed by atoms with Gasteiger partial charge >= 0.3 is 7.25 Å². The standard InChI is InChI=1S/C9H7S.BF4/c1-2-4-9-7-10-6-5-8(9)3-1;2-1(3,4)5/h1-7H;/q+1;-1. The molecule has 0 atom stereocenters. The topological polar surface area (TPSA) is 0 Å². The van der Waals surface area contributed by atoms with Gasteiger partial charge in [-0.25, -0.2) is 0 Å². The van der Waals surface area contributed by atoms with Crippen LogP contribution in [0.3, 0.4) is 0 Å². The largest absolute Gasteiger partial charge is 0.673 e. The van der Waals surface area contributed by atoms with Gasteiger partial charge in [-0.1, -0.05) is 18.2 Å². The SMILES string of the molecule is F[B-](F)(F)F.c1ccc2c[s+]ccc2c1. The highest BCUT2D eigenvalue weighted by molar-refractivity contribution is 7.08. The third-order valence-corrected chi connectivity index (χ3v) is 2.20. The van der Waals surface area contributed by atoms with Crippen molar-refractivity contribution in [1.29, 1.82) is 0 Å². The van der Waals surface area contributed by atoms with Gasteiger partial charge in [-0.05, 0) is 11.5 Å². The van der Waals surface area contributed by atoms with E-state index in [1.165, 1.54) is 10.8 Å². The summed E-state index contributed by atoms with van der Waals surface area (Å²) in [5.74, 6) is 0. The molecule has 0 amide bonds. The fourth-order valence-electron chi connectivity index (χ4n) is 0.995. The zero-order valence-electron chi connectivity index (χ0n) is 7.54. The van der Waals surface area contributed by atoms with Gasteiger partial charge in [0.2, 0.25) is 16.7 Å². The van der Waals surface area contributed by atoms with Gasteiger partial charge in [0.15, 0.2) is 5.38 Å². The highest BCUT2D eigenvalue weighted by Gasteiger charge is 2.20. The summed E-state index contributed by atoms with van der Waals surface area (Å²) in [5, 5.41) is 6.91. The summed E-state index contributed by atoms with van der Waals surface area (Å²) in [6.07, 6.45) is 0. The molecule has 0 unspecified atom stereocenters. The predicted molar refractivity (Wildman–Crippen MR) is 56.4 cm³/mol. The van der Waals surface area contributed by atoms with E-state index in [9.17, 15) is 17.3 Å². The van der Waals surface area contributed by atoms with Crippen molar-refractivity contribution in [2.75, 3.05) is 0 Å². The minimum absolute atomic E-state index is 1.32. The molecule has 0 aliphatic carbocycles. The highest BCUT2D eigenvalue weighted by Crippen LogP contribution is 2.14. The minimum Gasteiger partial charge on any atom is -0.418 e. The maximum Gasteiger partial charge on any atom is 0.673 e. The molecule has 0 saturated heterocycles. The molecule has 2 aromatic rings. The lowest BCUT2D eigenvalue weighted by Crippen LogP contribution is -2.02. The van der Waals surface area contributed by atoms with Crippen LogP contribution in [0.25, 0.3) is 10.8 Å². The second-order valence-corrected chi connectivity index (χ2v) is 3.46. The van der Waals surface area contributed by atoms with Crippen LogP contribution >= 0.6 is 11.3 Å². The summed E-state index contributed by atoms with van der Waals surface area (Å²) in [6, 6.07) is 10.5. The molecule has 0 bridgehead atoms. The molecule has 0 N–H and O–H groups in total. The van der Waals surface area contributed by atoms with Crippen LogP contribution in [-0.2, 0) is 0 Å². The van der Waals surface area contributed by atoms with Gasteiger partial charge in [0.25, 0.3) is 0 Å². The van der Waals surface area contributed by atoms with Crippen LogP contribution in [0.2, 0.25) is 0 Å². The van der Waals surface area contributed by atoms with Gasteiger partial charge in [-0.2, -0.15) is 0 Å². The molecular formula is C9H7BF4S.